The van der Waals surface area contributed by atoms with Gasteiger partial charge in [0.25, 0.3) is 0 Å². The second-order valence-corrected chi connectivity index (χ2v) is 6.00. The standard InChI is InChI=1S/C17H21N5O2/c1-12-18-8-10-22(12)11-13-3-5-14(6-4-13)19-17(24)20-15-7-9-21(2)16(15)23/h3-6,8,10,15H,7,9,11H2,1-2H3,(H2,19,20,24). The smallest absolute Gasteiger partial charge is 0.319 e. The van der Waals surface area contributed by atoms with Gasteiger partial charge in [-0.25, -0.2) is 9.78 Å². The summed E-state index contributed by atoms with van der Waals surface area (Å²) in [6, 6.07) is 6.83. The zero-order chi connectivity index (χ0) is 17.1. The van der Waals surface area contributed by atoms with E-state index in [2.05, 4.69) is 20.2 Å². The number of likely N-dealkylation sites (N-methyl/N-ethyl adjacent to an activating group) is 1. The fourth-order valence-electron chi connectivity index (χ4n) is 2.74. The molecule has 1 aromatic carbocycles. The third-order valence-electron chi connectivity index (χ3n) is 4.22. The van der Waals surface area contributed by atoms with E-state index in [9.17, 15) is 9.59 Å². The number of amides is 3. The molecular formula is C17H21N5O2. The van der Waals surface area contributed by atoms with Crippen LogP contribution in [0.3, 0.4) is 0 Å². The number of urea groups is 1. The minimum atomic E-state index is -0.432. The molecule has 1 aliphatic heterocycles. The molecule has 1 aliphatic rings. The topological polar surface area (TPSA) is 79.3 Å². The van der Waals surface area contributed by atoms with Crippen molar-refractivity contribution in [3.63, 3.8) is 0 Å². The first-order chi connectivity index (χ1) is 11.5. The maximum atomic E-state index is 12.0. The summed E-state index contributed by atoms with van der Waals surface area (Å²) < 4.78 is 2.05. The van der Waals surface area contributed by atoms with Gasteiger partial charge in [-0.05, 0) is 31.0 Å². The lowest BCUT2D eigenvalue weighted by molar-refractivity contribution is -0.128. The van der Waals surface area contributed by atoms with Gasteiger partial charge in [0.15, 0.2) is 0 Å². The molecule has 0 saturated carbocycles. The Morgan fingerprint density at radius 2 is 2.08 bits per heavy atom. The highest BCUT2D eigenvalue weighted by molar-refractivity contribution is 5.94. The number of carbonyl (C=O) groups is 2. The van der Waals surface area contributed by atoms with Crippen LogP contribution in [0.1, 0.15) is 17.8 Å². The molecule has 2 N–H and O–H groups in total. The fraction of sp³-hybridized carbons (Fsp3) is 0.353. The van der Waals surface area contributed by atoms with Crippen molar-refractivity contribution in [3.05, 3.63) is 48.0 Å². The van der Waals surface area contributed by atoms with Gasteiger partial charge in [-0.3, -0.25) is 4.79 Å². The fourth-order valence-corrected chi connectivity index (χ4v) is 2.74. The summed E-state index contributed by atoms with van der Waals surface area (Å²) in [4.78, 5) is 29.6. The van der Waals surface area contributed by atoms with Crippen molar-refractivity contribution in [1.82, 2.24) is 19.8 Å². The van der Waals surface area contributed by atoms with Crippen molar-refractivity contribution in [1.29, 1.82) is 0 Å². The molecule has 1 atom stereocenters. The number of benzene rings is 1. The second-order valence-electron chi connectivity index (χ2n) is 6.00. The number of hydrogen-bond donors (Lipinski definition) is 2. The van der Waals surface area contributed by atoms with Crippen molar-refractivity contribution in [3.8, 4) is 0 Å². The SMILES string of the molecule is Cc1nccn1Cc1ccc(NC(=O)NC2CCN(C)C2=O)cc1. The lowest BCUT2D eigenvalue weighted by Gasteiger charge is -2.13. The minimum absolute atomic E-state index is 0.0452. The Bertz CT molecular complexity index is 738. The average Bonchev–Trinajstić information content (AvgIpc) is 3.10. The molecule has 1 aromatic heterocycles. The van der Waals surface area contributed by atoms with Crippen LogP contribution in [0.15, 0.2) is 36.7 Å². The van der Waals surface area contributed by atoms with Crippen molar-refractivity contribution < 1.29 is 9.59 Å². The molecule has 3 rings (SSSR count). The van der Waals surface area contributed by atoms with E-state index in [1.807, 2.05) is 37.4 Å². The van der Waals surface area contributed by atoms with Gasteiger partial charge in [0.1, 0.15) is 11.9 Å². The van der Waals surface area contributed by atoms with E-state index in [4.69, 9.17) is 0 Å². The number of rotatable bonds is 4. The van der Waals surface area contributed by atoms with Crippen molar-refractivity contribution >= 4 is 17.6 Å². The lowest BCUT2D eigenvalue weighted by atomic mass is 10.2. The van der Waals surface area contributed by atoms with Crippen LogP contribution >= 0.6 is 0 Å². The zero-order valence-corrected chi connectivity index (χ0v) is 13.8. The molecule has 2 heterocycles. The molecule has 24 heavy (non-hydrogen) atoms. The molecule has 0 radical (unpaired) electrons. The number of carbonyl (C=O) groups excluding carboxylic acids is 2. The first-order valence-electron chi connectivity index (χ1n) is 7.92. The highest BCUT2D eigenvalue weighted by Gasteiger charge is 2.30. The largest absolute Gasteiger partial charge is 0.344 e. The summed E-state index contributed by atoms with van der Waals surface area (Å²) >= 11 is 0. The van der Waals surface area contributed by atoms with Gasteiger partial charge in [0.2, 0.25) is 5.91 Å². The van der Waals surface area contributed by atoms with Crippen LogP contribution in [0.2, 0.25) is 0 Å². The van der Waals surface area contributed by atoms with E-state index in [0.29, 0.717) is 18.7 Å². The number of nitrogens with zero attached hydrogens (tertiary/aromatic N) is 3. The number of imidazole rings is 1. The number of aryl methyl sites for hydroxylation is 1. The summed E-state index contributed by atoms with van der Waals surface area (Å²) in [5.74, 6) is 0.916. The summed E-state index contributed by atoms with van der Waals surface area (Å²) in [6.45, 7) is 3.37. The molecule has 1 saturated heterocycles. The molecule has 0 aliphatic carbocycles. The summed E-state index contributed by atoms with van der Waals surface area (Å²) in [7, 11) is 1.74. The molecule has 0 spiro atoms. The predicted molar refractivity (Wildman–Crippen MR) is 90.7 cm³/mol. The zero-order valence-electron chi connectivity index (χ0n) is 13.8. The van der Waals surface area contributed by atoms with Crippen LogP contribution in [0, 0.1) is 6.92 Å². The van der Waals surface area contributed by atoms with Gasteiger partial charge < -0.3 is 20.1 Å². The number of aromatic nitrogens is 2. The molecule has 3 amide bonds. The van der Waals surface area contributed by atoms with Crippen molar-refractivity contribution in [2.45, 2.75) is 25.9 Å². The minimum Gasteiger partial charge on any atom is -0.344 e. The second kappa shape index (κ2) is 6.74. The maximum absolute atomic E-state index is 12.0. The first-order valence-corrected chi connectivity index (χ1v) is 7.92. The highest BCUT2D eigenvalue weighted by Crippen LogP contribution is 2.13. The molecule has 2 aromatic rings. The third kappa shape index (κ3) is 3.56. The Kier molecular flexibility index (Phi) is 4.50. The van der Waals surface area contributed by atoms with Crippen LogP contribution in [0.5, 0.6) is 0 Å². The number of hydrogen-bond acceptors (Lipinski definition) is 3. The number of anilines is 1. The van der Waals surface area contributed by atoms with E-state index < -0.39 is 6.04 Å². The van der Waals surface area contributed by atoms with Crippen LogP contribution in [0.4, 0.5) is 10.5 Å². The third-order valence-corrected chi connectivity index (χ3v) is 4.22. The Morgan fingerprint density at radius 1 is 1.33 bits per heavy atom. The summed E-state index contributed by atoms with van der Waals surface area (Å²) in [5, 5.41) is 5.47. The molecular weight excluding hydrogens is 306 g/mol. The monoisotopic (exact) mass is 327 g/mol. The van der Waals surface area contributed by atoms with E-state index in [0.717, 1.165) is 17.9 Å². The normalized spacial score (nSPS) is 17.2. The number of nitrogens with one attached hydrogen (secondary N) is 2. The summed E-state index contributed by atoms with van der Waals surface area (Å²) in [5.41, 5.74) is 1.81. The average molecular weight is 327 g/mol. The van der Waals surface area contributed by atoms with E-state index >= 15 is 0 Å². The van der Waals surface area contributed by atoms with Gasteiger partial charge in [-0.1, -0.05) is 12.1 Å². The predicted octanol–water partition coefficient (Wildman–Crippen LogP) is 1.59. The van der Waals surface area contributed by atoms with Gasteiger partial charge in [-0.2, -0.15) is 0 Å². The molecule has 7 heteroatoms. The van der Waals surface area contributed by atoms with E-state index in [-0.39, 0.29) is 11.9 Å². The van der Waals surface area contributed by atoms with Crippen LogP contribution < -0.4 is 10.6 Å². The van der Waals surface area contributed by atoms with Crippen LogP contribution in [-0.2, 0) is 11.3 Å². The Hall–Kier alpha value is -2.83. The molecule has 126 valence electrons. The lowest BCUT2D eigenvalue weighted by Crippen LogP contribution is -2.42. The van der Waals surface area contributed by atoms with Crippen molar-refractivity contribution in [2.24, 2.45) is 0 Å². The van der Waals surface area contributed by atoms with Crippen LogP contribution in [0.25, 0.3) is 0 Å². The van der Waals surface area contributed by atoms with Crippen LogP contribution in [-0.4, -0.2) is 46.0 Å². The van der Waals surface area contributed by atoms with E-state index in [1.54, 1.807) is 18.1 Å². The maximum Gasteiger partial charge on any atom is 0.319 e. The quantitative estimate of drug-likeness (QED) is 0.895. The first kappa shape index (κ1) is 16.0. The Balaban J connectivity index is 1.55. The van der Waals surface area contributed by atoms with Gasteiger partial charge in [0.05, 0.1) is 0 Å². The molecule has 1 fully saturated rings. The van der Waals surface area contributed by atoms with E-state index in [1.165, 1.54) is 0 Å². The van der Waals surface area contributed by atoms with Gasteiger partial charge in [0, 0.05) is 38.2 Å². The van der Waals surface area contributed by atoms with Gasteiger partial charge in [-0.15, -0.1) is 0 Å². The molecule has 7 nitrogen and oxygen atoms in total. The Morgan fingerprint density at radius 3 is 2.67 bits per heavy atom. The highest BCUT2D eigenvalue weighted by atomic mass is 16.2. The summed E-state index contributed by atoms with van der Waals surface area (Å²) in [6.07, 6.45) is 4.36. The molecule has 0 bridgehead atoms. The van der Waals surface area contributed by atoms with Crippen molar-refractivity contribution in [2.75, 3.05) is 18.9 Å². The van der Waals surface area contributed by atoms with Gasteiger partial charge >= 0.3 is 6.03 Å². The number of likely N-dealkylation sites (tertiary alicyclic amines) is 1. The Labute approximate surface area is 140 Å². The molecule has 1 unspecified atom stereocenters.